The van der Waals surface area contributed by atoms with Crippen LogP contribution in [0.5, 0.6) is 11.5 Å². The zero-order valence-corrected chi connectivity index (χ0v) is 21.1. The average Bonchev–Trinajstić information content (AvgIpc) is 3.16. The van der Waals surface area contributed by atoms with Crippen LogP contribution in [0.4, 0.5) is 0 Å². The van der Waals surface area contributed by atoms with E-state index in [0.29, 0.717) is 62.8 Å². The molecule has 5 rings (SSSR count). The van der Waals surface area contributed by atoms with Crippen molar-refractivity contribution in [1.82, 2.24) is 9.80 Å². The lowest BCUT2D eigenvalue weighted by Gasteiger charge is -2.37. The molecule has 3 heterocycles. The molecule has 3 aliphatic heterocycles. The zero-order valence-electron chi connectivity index (χ0n) is 20.3. The van der Waals surface area contributed by atoms with E-state index >= 15 is 0 Å². The SMILES string of the molecule is CCOc1ccc(C2C3=C(OC4CCC(Cl)CC4C3=O)C(=O)N2CCN2CCOCC2)cc1OC. The minimum atomic E-state index is -0.535. The van der Waals surface area contributed by atoms with Crippen molar-refractivity contribution in [1.29, 1.82) is 0 Å². The number of carbonyl (C=O) groups is 2. The van der Waals surface area contributed by atoms with Gasteiger partial charge in [0.05, 0.1) is 44.5 Å². The first kappa shape index (κ1) is 24.4. The standard InChI is InChI=1S/C26H33ClN2O6/c1-3-34-20-6-4-16(14-21(20)32-2)23-22-24(30)18-15-17(27)5-7-19(18)35-25(22)26(31)29(23)9-8-28-10-12-33-13-11-28/h4,6,14,17-19,23H,3,5,7-13,15H2,1-2H3. The van der Waals surface area contributed by atoms with Crippen LogP contribution in [0.3, 0.4) is 0 Å². The number of halogens is 1. The average molecular weight is 505 g/mol. The molecule has 4 aliphatic rings. The van der Waals surface area contributed by atoms with Gasteiger partial charge in [-0.05, 0) is 43.9 Å². The largest absolute Gasteiger partial charge is 0.493 e. The summed E-state index contributed by atoms with van der Waals surface area (Å²) in [4.78, 5) is 31.6. The fraction of sp³-hybridized carbons (Fsp3) is 0.615. The molecule has 2 fully saturated rings. The minimum Gasteiger partial charge on any atom is -0.493 e. The summed E-state index contributed by atoms with van der Waals surface area (Å²) in [6.07, 6.45) is 1.76. The molecule has 4 atom stereocenters. The lowest BCUT2D eigenvalue weighted by molar-refractivity contribution is -0.135. The second-order valence-corrected chi connectivity index (χ2v) is 10.1. The van der Waals surface area contributed by atoms with Crippen LogP contribution in [0, 0.1) is 5.92 Å². The second-order valence-electron chi connectivity index (χ2n) is 9.48. The first-order valence-electron chi connectivity index (χ1n) is 12.5. The van der Waals surface area contributed by atoms with Gasteiger partial charge in [-0.15, -0.1) is 11.6 Å². The van der Waals surface area contributed by atoms with Gasteiger partial charge >= 0.3 is 0 Å². The second kappa shape index (κ2) is 10.4. The van der Waals surface area contributed by atoms with Crippen LogP contribution in [0.1, 0.15) is 37.8 Å². The summed E-state index contributed by atoms with van der Waals surface area (Å²) in [6.45, 7) is 6.63. The number of ketones is 1. The molecule has 190 valence electrons. The van der Waals surface area contributed by atoms with Crippen LogP contribution in [-0.4, -0.2) is 86.1 Å². The third-order valence-electron chi connectivity index (χ3n) is 7.44. The maximum Gasteiger partial charge on any atom is 0.290 e. The van der Waals surface area contributed by atoms with Crippen LogP contribution in [0.25, 0.3) is 0 Å². The van der Waals surface area contributed by atoms with Gasteiger partial charge in [0, 0.05) is 31.6 Å². The highest BCUT2D eigenvalue weighted by atomic mass is 35.5. The van der Waals surface area contributed by atoms with E-state index in [9.17, 15) is 9.59 Å². The van der Waals surface area contributed by atoms with Crippen molar-refractivity contribution in [2.75, 3.05) is 53.1 Å². The number of benzene rings is 1. The fourth-order valence-electron chi connectivity index (χ4n) is 5.64. The number of nitrogens with zero attached hydrogens (tertiary/aromatic N) is 2. The van der Waals surface area contributed by atoms with Crippen molar-refractivity contribution in [3.05, 3.63) is 35.1 Å². The van der Waals surface area contributed by atoms with Crippen LogP contribution in [0.15, 0.2) is 29.5 Å². The number of Topliss-reactive ketones (excluding diaryl/α,β-unsaturated/α-hetero) is 1. The molecule has 1 aromatic rings. The van der Waals surface area contributed by atoms with E-state index in [4.69, 9.17) is 30.5 Å². The lowest BCUT2D eigenvalue weighted by atomic mass is 9.77. The summed E-state index contributed by atoms with van der Waals surface area (Å²) in [5.41, 5.74) is 1.26. The van der Waals surface area contributed by atoms with E-state index in [1.165, 1.54) is 0 Å². The highest BCUT2D eigenvalue weighted by molar-refractivity contribution is 6.21. The molecule has 1 saturated heterocycles. The molecule has 1 saturated carbocycles. The first-order chi connectivity index (χ1) is 17.0. The summed E-state index contributed by atoms with van der Waals surface area (Å²) in [6, 6.07) is 5.08. The molecule has 9 heteroatoms. The van der Waals surface area contributed by atoms with Gasteiger partial charge in [-0.3, -0.25) is 14.5 Å². The number of hydrogen-bond donors (Lipinski definition) is 0. The van der Waals surface area contributed by atoms with E-state index in [-0.39, 0.29) is 34.8 Å². The Morgan fingerprint density at radius 3 is 2.66 bits per heavy atom. The molecular formula is C26H33ClN2O6. The summed E-state index contributed by atoms with van der Waals surface area (Å²) < 4.78 is 23.0. The molecular weight excluding hydrogens is 472 g/mol. The predicted molar refractivity (Wildman–Crippen MR) is 130 cm³/mol. The number of methoxy groups -OCH3 is 1. The van der Waals surface area contributed by atoms with Crippen LogP contribution < -0.4 is 9.47 Å². The maximum absolute atomic E-state index is 13.8. The van der Waals surface area contributed by atoms with Crippen molar-refractivity contribution in [3.8, 4) is 11.5 Å². The lowest BCUT2D eigenvalue weighted by Crippen LogP contribution is -2.43. The number of rotatable bonds is 7. The van der Waals surface area contributed by atoms with Crippen LogP contribution >= 0.6 is 11.6 Å². The van der Waals surface area contributed by atoms with Gasteiger partial charge in [-0.1, -0.05) is 6.07 Å². The zero-order chi connectivity index (χ0) is 24.5. The first-order valence-corrected chi connectivity index (χ1v) is 13.0. The van der Waals surface area contributed by atoms with Crippen molar-refractivity contribution >= 4 is 23.3 Å². The Bertz CT molecular complexity index is 1010. The number of amides is 1. The summed E-state index contributed by atoms with van der Waals surface area (Å²) in [5, 5.41) is -0.0514. The number of fused-ring (bicyclic) bond motifs is 1. The molecule has 35 heavy (non-hydrogen) atoms. The molecule has 0 bridgehead atoms. The topological polar surface area (TPSA) is 77.5 Å². The summed E-state index contributed by atoms with van der Waals surface area (Å²) >= 11 is 6.43. The number of ether oxygens (including phenoxy) is 4. The fourth-order valence-corrected chi connectivity index (χ4v) is 5.96. The summed E-state index contributed by atoms with van der Waals surface area (Å²) in [5.74, 6) is 0.862. The highest BCUT2D eigenvalue weighted by Crippen LogP contribution is 2.48. The van der Waals surface area contributed by atoms with Gasteiger partial charge in [0.1, 0.15) is 6.10 Å². The molecule has 8 nitrogen and oxygen atoms in total. The molecule has 4 unspecified atom stereocenters. The maximum atomic E-state index is 13.8. The van der Waals surface area contributed by atoms with Gasteiger partial charge in [0.25, 0.3) is 5.91 Å². The molecule has 1 aliphatic carbocycles. The quantitative estimate of drug-likeness (QED) is 0.528. The Labute approximate surface area is 211 Å². The molecule has 1 amide bonds. The Kier molecular flexibility index (Phi) is 7.23. The highest BCUT2D eigenvalue weighted by Gasteiger charge is 2.52. The van der Waals surface area contributed by atoms with Gasteiger partial charge in [0.15, 0.2) is 23.0 Å². The van der Waals surface area contributed by atoms with Crippen molar-refractivity contribution in [2.45, 2.75) is 43.7 Å². The Morgan fingerprint density at radius 1 is 1.11 bits per heavy atom. The third kappa shape index (κ3) is 4.63. The number of carbonyl (C=O) groups excluding carboxylic acids is 2. The predicted octanol–water partition coefficient (Wildman–Crippen LogP) is 2.94. The van der Waals surface area contributed by atoms with Crippen molar-refractivity contribution in [2.24, 2.45) is 5.92 Å². The normalized spacial score (nSPS) is 29.1. The van der Waals surface area contributed by atoms with Gasteiger partial charge in [-0.2, -0.15) is 0 Å². The summed E-state index contributed by atoms with van der Waals surface area (Å²) in [7, 11) is 1.59. The van der Waals surface area contributed by atoms with Crippen molar-refractivity contribution < 1.29 is 28.5 Å². The molecule has 0 N–H and O–H groups in total. The van der Waals surface area contributed by atoms with Crippen LogP contribution in [0.2, 0.25) is 0 Å². The van der Waals surface area contributed by atoms with Gasteiger partial charge in [0.2, 0.25) is 0 Å². The number of alkyl halides is 1. The number of morpholine rings is 1. The van der Waals surface area contributed by atoms with Gasteiger partial charge in [-0.25, -0.2) is 0 Å². The van der Waals surface area contributed by atoms with E-state index in [1.807, 2.05) is 25.1 Å². The number of hydrogen-bond acceptors (Lipinski definition) is 7. The van der Waals surface area contributed by atoms with Crippen LogP contribution in [-0.2, 0) is 19.1 Å². The third-order valence-corrected chi connectivity index (χ3v) is 7.84. The molecule has 1 aromatic carbocycles. The van der Waals surface area contributed by atoms with E-state index in [1.54, 1.807) is 12.0 Å². The Morgan fingerprint density at radius 2 is 1.91 bits per heavy atom. The molecule has 0 aromatic heterocycles. The monoisotopic (exact) mass is 504 g/mol. The molecule has 0 radical (unpaired) electrons. The van der Waals surface area contributed by atoms with Crippen molar-refractivity contribution in [3.63, 3.8) is 0 Å². The van der Waals surface area contributed by atoms with E-state index in [2.05, 4.69) is 4.90 Å². The Hall–Kier alpha value is -2.29. The van der Waals surface area contributed by atoms with E-state index in [0.717, 1.165) is 25.1 Å². The smallest absolute Gasteiger partial charge is 0.290 e. The van der Waals surface area contributed by atoms with E-state index < -0.39 is 6.04 Å². The minimum absolute atomic E-state index is 0.0123. The molecule has 0 spiro atoms. The Balaban J connectivity index is 1.50. The van der Waals surface area contributed by atoms with Gasteiger partial charge < -0.3 is 23.8 Å².